The number of carbonyl (C=O) groups excluding carboxylic acids is 1. The van der Waals surface area contributed by atoms with E-state index < -0.39 is 6.04 Å². The van der Waals surface area contributed by atoms with Crippen LogP contribution in [0.2, 0.25) is 0 Å². The van der Waals surface area contributed by atoms with E-state index in [2.05, 4.69) is 25.8 Å². The zero-order chi connectivity index (χ0) is 15.1. The van der Waals surface area contributed by atoms with E-state index in [1.165, 1.54) is 7.11 Å². The van der Waals surface area contributed by atoms with Gasteiger partial charge in [-0.15, -0.1) is 0 Å². The van der Waals surface area contributed by atoms with Crippen molar-refractivity contribution in [2.75, 3.05) is 12.8 Å². The zero-order valence-corrected chi connectivity index (χ0v) is 12.6. The van der Waals surface area contributed by atoms with E-state index in [0.29, 0.717) is 5.69 Å². The molecule has 0 radical (unpaired) electrons. The largest absolute Gasteiger partial charge is 0.467 e. The number of carbonyl (C=O) groups is 1. The minimum atomic E-state index is -0.443. The summed E-state index contributed by atoms with van der Waals surface area (Å²) in [6.07, 6.45) is 0. The number of hydrogen-bond donors (Lipinski definition) is 1. The summed E-state index contributed by atoms with van der Waals surface area (Å²) in [6, 6.07) is 5.16. The lowest BCUT2D eigenvalue weighted by molar-refractivity contribution is -0.144. The molecule has 0 amide bonds. The lowest BCUT2D eigenvalue weighted by Crippen LogP contribution is -2.25. The van der Waals surface area contributed by atoms with Crippen molar-refractivity contribution >= 4 is 22.7 Å². The highest BCUT2D eigenvalue weighted by molar-refractivity contribution is 5.89. The first-order valence-corrected chi connectivity index (χ1v) is 6.62. The number of nitrogen functional groups attached to an aromatic ring is 1. The van der Waals surface area contributed by atoms with E-state index in [4.69, 9.17) is 10.5 Å². The average Bonchev–Trinajstić information content (AvgIpc) is 2.77. The Balaban J connectivity index is 2.78. The van der Waals surface area contributed by atoms with Crippen LogP contribution >= 0.6 is 0 Å². The smallest absolute Gasteiger partial charge is 0.328 e. The molecule has 2 N–H and O–H groups in total. The van der Waals surface area contributed by atoms with Crippen molar-refractivity contribution in [3.63, 3.8) is 0 Å². The summed E-state index contributed by atoms with van der Waals surface area (Å²) in [5.74, 6) is 0.528. The van der Waals surface area contributed by atoms with Gasteiger partial charge in [-0.25, -0.2) is 9.78 Å². The van der Waals surface area contributed by atoms with Crippen molar-refractivity contribution in [2.24, 2.45) is 0 Å². The van der Waals surface area contributed by atoms with Gasteiger partial charge in [-0.2, -0.15) is 0 Å². The van der Waals surface area contributed by atoms with Gasteiger partial charge in [-0.3, -0.25) is 0 Å². The summed E-state index contributed by atoms with van der Waals surface area (Å²) in [5.41, 5.74) is 8.00. The molecule has 0 saturated carbocycles. The Morgan fingerprint density at radius 3 is 2.60 bits per heavy atom. The third kappa shape index (κ3) is 2.24. The van der Waals surface area contributed by atoms with Crippen molar-refractivity contribution < 1.29 is 9.53 Å². The standard InChI is InChI=1S/C15H21N3O2/c1-9(13(19)20-5)18-11-8-6-7-10(16)12(11)17-14(18)15(2,3)4/h6-9H,16H2,1-5H3. The van der Waals surface area contributed by atoms with Gasteiger partial charge in [0.25, 0.3) is 0 Å². The molecule has 1 aromatic heterocycles. The summed E-state index contributed by atoms with van der Waals surface area (Å²) in [5, 5.41) is 0. The molecule has 1 heterocycles. The first-order valence-electron chi connectivity index (χ1n) is 6.62. The number of nitrogens with zero attached hydrogens (tertiary/aromatic N) is 2. The third-order valence-electron chi connectivity index (χ3n) is 3.35. The van der Waals surface area contributed by atoms with Gasteiger partial charge >= 0.3 is 5.97 Å². The Bertz CT molecular complexity index is 653. The molecule has 0 aliphatic heterocycles. The molecule has 0 saturated heterocycles. The molecular weight excluding hydrogens is 254 g/mol. The maximum absolute atomic E-state index is 11.9. The molecule has 0 aliphatic rings. The van der Waals surface area contributed by atoms with Crippen molar-refractivity contribution in [3.8, 4) is 0 Å². The van der Waals surface area contributed by atoms with Crippen LogP contribution in [0.4, 0.5) is 5.69 Å². The Labute approximate surface area is 118 Å². The minimum Gasteiger partial charge on any atom is -0.467 e. The van der Waals surface area contributed by atoms with E-state index in [1.807, 2.05) is 29.7 Å². The first kappa shape index (κ1) is 14.4. The number of para-hydroxylation sites is 1. The fourth-order valence-corrected chi connectivity index (χ4v) is 2.34. The van der Waals surface area contributed by atoms with Gasteiger partial charge in [0, 0.05) is 5.41 Å². The highest BCUT2D eigenvalue weighted by Gasteiger charge is 2.29. The highest BCUT2D eigenvalue weighted by Crippen LogP contribution is 2.32. The molecule has 2 rings (SSSR count). The molecule has 1 aromatic carbocycles. The van der Waals surface area contributed by atoms with E-state index in [9.17, 15) is 4.79 Å². The summed E-state index contributed by atoms with van der Waals surface area (Å²) in [6.45, 7) is 7.99. The topological polar surface area (TPSA) is 70.1 Å². The molecule has 1 atom stereocenters. The second kappa shape index (κ2) is 4.81. The number of methoxy groups -OCH3 is 1. The predicted molar refractivity (Wildman–Crippen MR) is 79.6 cm³/mol. The molecule has 20 heavy (non-hydrogen) atoms. The first-order chi connectivity index (χ1) is 9.27. The van der Waals surface area contributed by atoms with Crippen LogP contribution < -0.4 is 5.73 Å². The molecule has 1 unspecified atom stereocenters. The van der Waals surface area contributed by atoms with E-state index in [0.717, 1.165) is 16.9 Å². The Morgan fingerprint density at radius 2 is 2.05 bits per heavy atom. The molecule has 0 spiro atoms. The van der Waals surface area contributed by atoms with Crippen LogP contribution in [0, 0.1) is 0 Å². The van der Waals surface area contributed by atoms with Gasteiger partial charge in [0.05, 0.1) is 18.3 Å². The van der Waals surface area contributed by atoms with Gasteiger partial charge in [0.2, 0.25) is 0 Å². The van der Waals surface area contributed by atoms with Crippen LogP contribution in [-0.2, 0) is 14.9 Å². The van der Waals surface area contributed by atoms with Crippen LogP contribution in [-0.4, -0.2) is 22.6 Å². The highest BCUT2D eigenvalue weighted by atomic mass is 16.5. The second-order valence-corrected chi connectivity index (χ2v) is 5.97. The minimum absolute atomic E-state index is 0.201. The average molecular weight is 275 g/mol. The number of esters is 1. The lowest BCUT2D eigenvalue weighted by atomic mass is 9.95. The molecule has 108 valence electrons. The quantitative estimate of drug-likeness (QED) is 0.675. The zero-order valence-electron chi connectivity index (χ0n) is 12.6. The summed E-state index contributed by atoms with van der Waals surface area (Å²) < 4.78 is 6.78. The van der Waals surface area contributed by atoms with Crippen molar-refractivity contribution in [1.82, 2.24) is 9.55 Å². The number of imidazole rings is 1. The maximum atomic E-state index is 11.9. The molecule has 5 nitrogen and oxygen atoms in total. The third-order valence-corrected chi connectivity index (χ3v) is 3.35. The van der Waals surface area contributed by atoms with E-state index in [1.54, 1.807) is 0 Å². The normalized spacial score (nSPS) is 13.4. The Morgan fingerprint density at radius 1 is 1.40 bits per heavy atom. The van der Waals surface area contributed by atoms with Gasteiger partial charge in [-0.1, -0.05) is 26.8 Å². The monoisotopic (exact) mass is 275 g/mol. The van der Waals surface area contributed by atoms with Crippen molar-refractivity contribution in [2.45, 2.75) is 39.2 Å². The molecule has 0 fully saturated rings. The van der Waals surface area contributed by atoms with Gasteiger partial charge in [0.1, 0.15) is 17.4 Å². The number of hydrogen-bond acceptors (Lipinski definition) is 4. The van der Waals surface area contributed by atoms with Crippen LogP contribution in [0.5, 0.6) is 0 Å². The molecule has 2 aromatic rings. The van der Waals surface area contributed by atoms with Crippen molar-refractivity contribution in [1.29, 1.82) is 0 Å². The molecule has 5 heteroatoms. The van der Waals surface area contributed by atoms with E-state index >= 15 is 0 Å². The predicted octanol–water partition coefficient (Wildman–Crippen LogP) is 2.65. The SMILES string of the molecule is COC(=O)C(C)n1c(C(C)(C)C)nc2c(N)cccc21. The Kier molecular flexibility index (Phi) is 3.46. The summed E-state index contributed by atoms with van der Waals surface area (Å²) >= 11 is 0. The van der Waals surface area contributed by atoms with Crippen LogP contribution in [0.25, 0.3) is 11.0 Å². The molecule has 0 bridgehead atoms. The second-order valence-electron chi connectivity index (χ2n) is 5.97. The number of nitrogens with two attached hydrogens (primary N) is 1. The number of fused-ring (bicyclic) bond motifs is 1. The van der Waals surface area contributed by atoms with Gasteiger partial charge in [-0.05, 0) is 19.1 Å². The summed E-state index contributed by atoms with van der Waals surface area (Å²) in [7, 11) is 1.39. The van der Waals surface area contributed by atoms with Crippen LogP contribution in [0.1, 0.15) is 39.6 Å². The molecular formula is C15H21N3O2. The van der Waals surface area contributed by atoms with E-state index in [-0.39, 0.29) is 11.4 Å². The maximum Gasteiger partial charge on any atom is 0.328 e. The van der Waals surface area contributed by atoms with Gasteiger partial charge < -0.3 is 15.0 Å². The van der Waals surface area contributed by atoms with Gasteiger partial charge in [0.15, 0.2) is 0 Å². The number of rotatable bonds is 2. The number of ether oxygens (including phenoxy) is 1. The number of anilines is 1. The fraction of sp³-hybridized carbons (Fsp3) is 0.467. The molecule has 0 aliphatic carbocycles. The lowest BCUT2D eigenvalue weighted by Gasteiger charge is -2.23. The fourth-order valence-electron chi connectivity index (χ4n) is 2.34. The Hall–Kier alpha value is -2.04. The number of aromatic nitrogens is 2. The van der Waals surface area contributed by atoms with Crippen molar-refractivity contribution in [3.05, 3.63) is 24.0 Å². The summed E-state index contributed by atoms with van der Waals surface area (Å²) in [4.78, 5) is 16.6. The number of benzene rings is 1. The van der Waals surface area contributed by atoms with Crippen LogP contribution in [0.3, 0.4) is 0 Å². The van der Waals surface area contributed by atoms with Crippen LogP contribution in [0.15, 0.2) is 18.2 Å².